The van der Waals surface area contributed by atoms with Crippen molar-refractivity contribution in [1.82, 2.24) is 19.9 Å². The van der Waals surface area contributed by atoms with E-state index in [-0.39, 0.29) is 0 Å². The Bertz CT molecular complexity index is 922. The Morgan fingerprint density at radius 3 is 2.07 bits per heavy atom. The molecule has 0 radical (unpaired) electrons. The van der Waals surface area contributed by atoms with Gasteiger partial charge < -0.3 is 9.80 Å². The number of hydrogen-bond acceptors (Lipinski definition) is 6. The lowest BCUT2D eigenvalue weighted by Gasteiger charge is -2.57. The van der Waals surface area contributed by atoms with E-state index >= 15 is 0 Å². The van der Waals surface area contributed by atoms with Crippen LogP contribution in [0.15, 0.2) is 18.5 Å². The van der Waals surface area contributed by atoms with Crippen molar-refractivity contribution < 1.29 is 0 Å². The molecule has 0 N–H and O–H groups in total. The van der Waals surface area contributed by atoms with Crippen molar-refractivity contribution >= 4 is 11.8 Å². The molecule has 6 bridgehead atoms. The summed E-state index contributed by atoms with van der Waals surface area (Å²) in [6, 6.07) is 4.19. The molecular formula is C23H28N6. The first-order valence-corrected chi connectivity index (χ1v) is 11.4. The molecule has 6 heterocycles. The highest BCUT2D eigenvalue weighted by atomic mass is 15.3. The molecule has 0 spiro atoms. The molecule has 4 saturated heterocycles. The van der Waals surface area contributed by atoms with Gasteiger partial charge in [0.05, 0.1) is 5.69 Å². The number of rotatable bonds is 3. The van der Waals surface area contributed by atoms with Crippen molar-refractivity contribution in [3.63, 3.8) is 0 Å². The van der Waals surface area contributed by atoms with Crippen molar-refractivity contribution in [2.45, 2.75) is 70.0 Å². The van der Waals surface area contributed by atoms with E-state index in [4.69, 9.17) is 9.97 Å². The zero-order valence-electron chi connectivity index (χ0n) is 17.0. The fraction of sp³-hybridized carbons (Fsp3) is 0.652. The molecule has 7 fully saturated rings. The summed E-state index contributed by atoms with van der Waals surface area (Å²) in [7, 11) is 0. The van der Waals surface area contributed by atoms with Gasteiger partial charge in [-0.2, -0.15) is 4.98 Å². The van der Waals surface area contributed by atoms with Crippen LogP contribution in [-0.4, -0.2) is 44.6 Å². The molecule has 0 atom stereocenters. The molecule has 9 rings (SSSR count). The fourth-order valence-corrected chi connectivity index (χ4v) is 7.04. The largest absolute Gasteiger partial charge is 0.350 e. The van der Waals surface area contributed by atoms with Gasteiger partial charge in [0.1, 0.15) is 11.6 Å². The summed E-state index contributed by atoms with van der Waals surface area (Å²) in [5, 5.41) is 0. The Kier molecular flexibility index (Phi) is 3.36. The van der Waals surface area contributed by atoms with Crippen LogP contribution in [0.4, 0.5) is 11.8 Å². The van der Waals surface area contributed by atoms with E-state index in [1.807, 2.05) is 19.3 Å². The number of aromatic nitrogens is 4. The molecule has 150 valence electrons. The van der Waals surface area contributed by atoms with E-state index in [1.165, 1.54) is 44.9 Å². The van der Waals surface area contributed by atoms with E-state index < -0.39 is 0 Å². The van der Waals surface area contributed by atoms with Crippen LogP contribution in [0.2, 0.25) is 0 Å². The zero-order chi connectivity index (χ0) is 19.1. The van der Waals surface area contributed by atoms with Crippen molar-refractivity contribution in [3.8, 4) is 11.3 Å². The van der Waals surface area contributed by atoms with Gasteiger partial charge in [0.15, 0.2) is 0 Å². The van der Waals surface area contributed by atoms with Gasteiger partial charge >= 0.3 is 0 Å². The molecule has 0 unspecified atom stereocenters. The molecule has 0 aromatic carbocycles. The van der Waals surface area contributed by atoms with Crippen molar-refractivity contribution in [2.24, 2.45) is 17.8 Å². The maximum absolute atomic E-state index is 5.18. The number of nitrogens with zero attached hydrogens (tertiary/aromatic N) is 6. The lowest BCUT2D eigenvalue weighted by molar-refractivity contribution is 0.0892. The Morgan fingerprint density at radius 1 is 0.793 bits per heavy atom. The third-order valence-corrected chi connectivity index (χ3v) is 8.28. The van der Waals surface area contributed by atoms with Crippen LogP contribution in [0.25, 0.3) is 11.3 Å². The minimum atomic E-state index is 0.644. The summed E-state index contributed by atoms with van der Waals surface area (Å²) in [6.07, 6.45) is 13.3. The molecule has 3 aliphatic carbocycles. The van der Waals surface area contributed by atoms with Gasteiger partial charge in [-0.1, -0.05) is 0 Å². The van der Waals surface area contributed by atoms with E-state index in [1.54, 1.807) is 0 Å². The summed E-state index contributed by atoms with van der Waals surface area (Å²) in [5.41, 5.74) is 1.97. The quantitative estimate of drug-likeness (QED) is 0.801. The Morgan fingerprint density at radius 2 is 1.45 bits per heavy atom. The zero-order valence-corrected chi connectivity index (χ0v) is 17.0. The van der Waals surface area contributed by atoms with Gasteiger partial charge in [0, 0.05) is 48.7 Å². The second-order valence-corrected chi connectivity index (χ2v) is 10.2. The number of anilines is 2. The highest BCUT2D eigenvalue weighted by molar-refractivity contribution is 5.65. The summed E-state index contributed by atoms with van der Waals surface area (Å²) in [5.74, 6) is 5.62. The van der Waals surface area contributed by atoms with Gasteiger partial charge in [0.2, 0.25) is 5.95 Å². The molecule has 7 aliphatic rings. The average Bonchev–Trinajstić information content (AvgIpc) is 3.29. The molecule has 2 aromatic heterocycles. The highest BCUT2D eigenvalue weighted by Crippen LogP contribution is 2.51. The lowest BCUT2D eigenvalue weighted by Crippen LogP contribution is -2.58. The van der Waals surface area contributed by atoms with E-state index in [9.17, 15) is 0 Å². The van der Waals surface area contributed by atoms with Crippen molar-refractivity contribution in [3.05, 3.63) is 24.3 Å². The Hall–Kier alpha value is -2.24. The van der Waals surface area contributed by atoms with Gasteiger partial charge in [0.25, 0.3) is 0 Å². The summed E-state index contributed by atoms with van der Waals surface area (Å²) >= 11 is 0. The smallest absolute Gasteiger partial charge is 0.228 e. The summed E-state index contributed by atoms with van der Waals surface area (Å²) in [4.78, 5) is 24.2. The van der Waals surface area contributed by atoms with E-state index in [0.717, 1.165) is 53.1 Å². The molecule has 6 heteroatoms. The lowest BCUT2D eigenvalue weighted by atomic mass is 9.63. The third-order valence-electron chi connectivity index (χ3n) is 8.28. The monoisotopic (exact) mass is 388 g/mol. The highest BCUT2D eigenvalue weighted by Gasteiger charge is 2.48. The first-order chi connectivity index (χ1) is 14.2. The minimum absolute atomic E-state index is 0.644. The Labute approximate surface area is 171 Å². The van der Waals surface area contributed by atoms with E-state index in [2.05, 4.69) is 25.8 Å². The minimum Gasteiger partial charge on any atom is -0.350 e. The van der Waals surface area contributed by atoms with Gasteiger partial charge in [-0.05, 0) is 69.6 Å². The SMILES string of the molecule is Cc1ncc(-c2cc(N3C4CC5CC(C4)CC3C5)nc(N3CC4CC3C4)n2)cn1. The van der Waals surface area contributed by atoms with Crippen LogP contribution in [0.3, 0.4) is 0 Å². The standard InChI is InChI=1S/C23H28N6/c1-13-24-10-17(11-25-13)21-9-22(27-23(26-21)28-12-16-7-18(28)8-16)29-19-3-14-2-15(5-19)6-20(29)4-14/h9-11,14-16,18-20H,2-8,12H2,1H3. The van der Waals surface area contributed by atoms with Crippen LogP contribution < -0.4 is 9.80 Å². The van der Waals surface area contributed by atoms with Gasteiger partial charge in [-0.15, -0.1) is 0 Å². The van der Waals surface area contributed by atoms with Crippen molar-refractivity contribution in [1.29, 1.82) is 0 Å². The number of hydrogen-bond donors (Lipinski definition) is 0. The maximum atomic E-state index is 5.18. The molecular weight excluding hydrogens is 360 g/mol. The summed E-state index contributed by atoms with van der Waals surface area (Å²) in [6.45, 7) is 3.05. The van der Waals surface area contributed by atoms with Crippen LogP contribution in [0.1, 0.15) is 50.8 Å². The number of aryl methyl sites for hydroxylation is 1. The number of piperidine rings is 2. The van der Waals surface area contributed by atoms with Gasteiger partial charge in [-0.3, -0.25) is 0 Å². The molecule has 0 amide bonds. The fourth-order valence-electron chi connectivity index (χ4n) is 7.04. The van der Waals surface area contributed by atoms with E-state index in [0.29, 0.717) is 18.1 Å². The third kappa shape index (κ3) is 2.53. The molecule has 3 saturated carbocycles. The van der Waals surface area contributed by atoms with Crippen LogP contribution >= 0.6 is 0 Å². The summed E-state index contributed by atoms with van der Waals surface area (Å²) < 4.78 is 0. The molecule has 29 heavy (non-hydrogen) atoms. The first kappa shape index (κ1) is 16.5. The Balaban J connectivity index is 1.32. The second kappa shape index (κ2) is 5.89. The van der Waals surface area contributed by atoms with Crippen molar-refractivity contribution in [2.75, 3.05) is 16.3 Å². The molecule has 6 nitrogen and oxygen atoms in total. The predicted octanol–water partition coefficient (Wildman–Crippen LogP) is 3.61. The average molecular weight is 389 g/mol. The van der Waals surface area contributed by atoms with Crippen LogP contribution in [0.5, 0.6) is 0 Å². The van der Waals surface area contributed by atoms with Crippen LogP contribution in [-0.2, 0) is 0 Å². The maximum Gasteiger partial charge on any atom is 0.228 e. The van der Waals surface area contributed by atoms with Gasteiger partial charge in [-0.25, -0.2) is 15.0 Å². The number of fused-ring (bicyclic) bond motifs is 1. The first-order valence-electron chi connectivity index (χ1n) is 11.4. The topological polar surface area (TPSA) is 58.0 Å². The predicted molar refractivity (Wildman–Crippen MR) is 112 cm³/mol. The van der Waals surface area contributed by atoms with Crippen LogP contribution in [0, 0.1) is 24.7 Å². The molecule has 4 aliphatic heterocycles. The molecule has 2 aromatic rings. The second-order valence-electron chi connectivity index (χ2n) is 10.2. The normalized spacial score (nSPS) is 36.6.